The molecule has 0 spiro atoms. The lowest BCUT2D eigenvalue weighted by molar-refractivity contribution is -0.141. The predicted molar refractivity (Wildman–Crippen MR) is 80.3 cm³/mol. The Bertz CT molecular complexity index is 482. The maximum Gasteiger partial charge on any atom is 0.321 e. The molecule has 1 atom stereocenters. The number of anilines is 1. The first-order chi connectivity index (χ1) is 9.92. The number of aryl methyl sites for hydroxylation is 2. The summed E-state index contributed by atoms with van der Waals surface area (Å²) in [5, 5.41) is 23.2. The van der Waals surface area contributed by atoms with Gasteiger partial charge in [-0.3, -0.25) is 9.59 Å². The number of amides is 1. The number of aliphatic carboxylic acids is 1. The molecule has 0 aliphatic heterocycles. The van der Waals surface area contributed by atoms with Gasteiger partial charge in [0.1, 0.15) is 6.04 Å². The molecule has 0 aromatic heterocycles. The van der Waals surface area contributed by atoms with Gasteiger partial charge in [0.05, 0.1) is 6.42 Å². The Labute approximate surface area is 124 Å². The van der Waals surface area contributed by atoms with Gasteiger partial charge in [0, 0.05) is 12.3 Å². The summed E-state index contributed by atoms with van der Waals surface area (Å²) in [5.41, 5.74) is 2.72. The van der Waals surface area contributed by atoms with E-state index in [1.165, 1.54) is 0 Å². The highest BCUT2D eigenvalue weighted by molar-refractivity contribution is 5.94. The molecule has 0 fully saturated rings. The van der Waals surface area contributed by atoms with Gasteiger partial charge in [-0.05, 0) is 50.1 Å². The van der Waals surface area contributed by atoms with Gasteiger partial charge in [-0.15, -0.1) is 0 Å². The van der Waals surface area contributed by atoms with E-state index in [-0.39, 0.29) is 18.9 Å². The fourth-order valence-electron chi connectivity index (χ4n) is 2.05. The molecule has 0 aliphatic rings. The summed E-state index contributed by atoms with van der Waals surface area (Å²) in [7, 11) is 0. The van der Waals surface area contributed by atoms with E-state index in [1.54, 1.807) is 0 Å². The van der Waals surface area contributed by atoms with Crippen molar-refractivity contribution in [2.75, 3.05) is 18.5 Å². The number of carbonyl (C=O) groups is 2. The van der Waals surface area contributed by atoms with Gasteiger partial charge in [0.25, 0.3) is 0 Å². The number of carboxylic acid groups (broad SMARTS) is 1. The van der Waals surface area contributed by atoms with Gasteiger partial charge in [-0.25, -0.2) is 0 Å². The van der Waals surface area contributed by atoms with E-state index in [0.29, 0.717) is 18.7 Å². The number of nitrogens with one attached hydrogen (secondary N) is 2. The Morgan fingerprint density at radius 3 is 2.33 bits per heavy atom. The van der Waals surface area contributed by atoms with E-state index < -0.39 is 12.0 Å². The standard InChI is InChI=1S/C15H22N2O4/c1-10-6-11(2)8-12(7-10)17-14(19)9-13(15(20)21)16-4-3-5-18/h6-8,13,16,18H,3-5,9H2,1-2H3,(H,17,19)(H,20,21). The van der Waals surface area contributed by atoms with E-state index in [4.69, 9.17) is 10.2 Å². The fraction of sp³-hybridized carbons (Fsp3) is 0.467. The van der Waals surface area contributed by atoms with Crippen molar-refractivity contribution < 1.29 is 19.8 Å². The fourth-order valence-corrected chi connectivity index (χ4v) is 2.05. The van der Waals surface area contributed by atoms with Crippen LogP contribution in [0.4, 0.5) is 5.69 Å². The zero-order valence-electron chi connectivity index (χ0n) is 12.3. The molecule has 1 aromatic carbocycles. The lowest BCUT2D eigenvalue weighted by Gasteiger charge is -2.14. The van der Waals surface area contributed by atoms with E-state index in [9.17, 15) is 9.59 Å². The second kappa shape index (κ2) is 8.39. The molecule has 0 heterocycles. The van der Waals surface area contributed by atoms with Crippen LogP contribution in [-0.4, -0.2) is 41.3 Å². The average molecular weight is 294 g/mol. The van der Waals surface area contributed by atoms with Crippen LogP contribution in [0.2, 0.25) is 0 Å². The van der Waals surface area contributed by atoms with Gasteiger partial charge < -0.3 is 20.8 Å². The minimum atomic E-state index is -1.08. The number of aliphatic hydroxyl groups is 1. The van der Waals surface area contributed by atoms with Crippen LogP contribution in [-0.2, 0) is 9.59 Å². The molecule has 1 rings (SSSR count). The molecule has 6 heteroatoms. The molecular weight excluding hydrogens is 272 g/mol. The van der Waals surface area contributed by atoms with Crippen molar-refractivity contribution in [1.82, 2.24) is 5.32 Å². The normalized spacial score (nSPS) is 12.0. The highest BCUT2D eigenvalue weighted by atomic mass is 16.4. The van der Waals surface area contributed by atoms with Gasteiger partial charge >= 0.3 is 5.97 Å². The number of hydrogen-bond acceptors (Lipinski definition) is 4. The van der Waals surface area contributed by atoms with Gasteiger partial charge in [-0.1, -0.05) is 6.07 Å². The summed E-state index contributed by atoms with van der Waals surface area (Å²) in [6.07, 6.45) is 0.288. The largest absolute Gasteiger partial charge is 0.480 e. The summed E-state index contributed by atoms with van der Waals surface area (Å²) < 4.78 is 0. The molecule has 116 valence electrons. The molecule has 0 bridgehead atoms. The Balaban J connectivity index is 2.58. The van der Waals surface area contributed by atoms with Crippen molar-refractivity contribution in [3.8, 4) is 0 Å². The Hall–Kier alpha value is -1.92. The molecule has 1 aromatic rings. The van der Waals surface area contributed by atoms with Gasteiger partial charge in [-0.2, -0.15) is 0 Å². The van der Waals surface area contributed by atoms with Crippen LogP contribution in [0.25, 0.3) is 0 Å². The predicted octanol–water partition coefficient (Wildman–Crippen LogP) is 1.06. The SMILES string of the molecule is Cc1cc(C)cc(NC(=O)CC(NCCCO)C(=O)O)c1. The highest BCUT2D eigenvalue weighted by Gasteiger charge is 2.20. The Kier molecular flexibility index (Phi) is 6.84. The monoisotopic (exact) mass is 294 g/mol. The van der Waals surface area contributed by atoms with Crippen molar-refractivity contribution in [3.63, 3.8) is 0 Å². The Morgan fingerprint density at radius 2 is 1.81 bits per heavy atom. The summed E-state index contributed by atoms with van der Waals surface area (Å²) in [6, 6.07) is 4.70. The minimum Gasteiger partial charge on any atom is -0.480 e. The minimum absolute atomic E-state index is 0.0197. The van der Waals surface area contributed by atoms with Crippen LogP contribution in [0.1, 0.15) is 24.0 Å². The number of carboxylic acids is 1. The van der Waals surface area contributed by atoms with Gasteiger partial charge in [0.15, 0.2) is 0 Å². The zero-order chi connectivity index (χ0) is 15.8. The quantitative estimate of drug-likeness (QED) is 0.537. The third kappa shape index (κ3) is 6.37. The molecule has 0 aliphatic carbocycles. The zero-order valence-corrected chi connectivity index (χ0v) is 12.3. The summed E-state index contributed by atoms with van der Waals surface area (Å²) in [6.45, 7) is 4.19. The smallest absolute Gasteiger partial charge is 0.321 e. The lowest BCUT2D eigenvalue weighted by atomic mass is 10.1. The average Bonchev–Trinajstić information content (AvgIpc) is 2.36. The third-order valence-electron chi connectivity index (χ3n) is 2.92. The van der Waals surface area contributed by atoms with E-state index >= 15 is 0 Å². The molecule has 1 amide bonds. The number of aliphatic hydroxyl groups excluding tert-OH is 1. The maximum atomic E-state index is 11.9. The molecule has 6 nitrogen and oxygen atoms in total. The van der Waals surface area contributed by atoms with Crippen molar-refractivity contribution in [3.05, 3.63) is 29.3 Å². The van der Waals surface area contributed by atoms with E-state index in [2.05, 4.69) is 10.6 Å². The second-order valence-electron chi connectivity index (χ2n) is 5.05. The second-order valence-corrected chi connectivity index (χ2v) is 5.05. The van der Waals surface area contributed by atoms with Crippen LogP contribution in [0.5, 0.6) is 0 Å². The molecule has 21 heavy (non-hydrogen) atoms. The van der Waals surface area contributed by atoms with Crippen LogP contribution in [0.3, 0.4) is 0 Å². The first-order valence-electron chi connectivity index (χ1n) is 6.87. The number of benzene rings is 1. The molecule has 0 radical (unpaired) electrons. The first-order valence-corrected chi connectivity index (χ1v) is 6.87. The van der Waals surface area contributed by atoms with E-state index in [1.807, 2.05) is 32.0 Å². The maximum absolute atomic E-state index is 11.9. The number of rotatable bonds is 8. The molecule has 1 unspecified atom stereocenters. The molecular formula is C15H22N2O4. The Morgan fingerprint density at radius 1 is 1.19 bits per heavy atom. The summed E-state index contributed by atoms with van der Waals surface area (Å²) in [4.78, 5) is 23.0. The van der Waals surface area contributed by atoms with Crippen LogP contribution in [0.15, 0.2) is 18.2 Å². The van der Waals surface area contributed by atoms with Gasteiger partial charge in [0.2, 0.25) is 5.91 Å². The number of hydrogen-bond donors (Lipinski definition) is 4. The summed E-state index contributed by atoms with van der Waals surface area (Å²) >= 11 is 0. The van der Waals surface area contributed by atoms with Crippen LogP contribution >= 0.6 is 0 Å². The van der Waals surface area contributed by atoms with Crippen molar-refractivity contribution in [2.24, 2.45) is 0 Å². The first kappa shape index (κ1) is 17.1. The highest BCUT2D eigenvalue weighted by Crippen LogP contribution is 2.14. The van der Waals surface area contributed by atoms with E-state index in [0.717, 1.165) is 11.1 Å². The van der Waals surface area contributed by atoms with Crippen molar-refractivity contribution >= 4 is 17.6 Å². The topological polar surface area (TPSA) is 98.7 Å². The van der Waals surface area contributed by atoms with Crippen LogP contribution in [0, 0.1) is 13.8 Å². The third-order valence-corrected chi connectivity index (χ3v) is 2.92. The lowest BCUT2D eigenvalue weighted by Crippen LogP contribution is -2.40. The summed E-state index contributed by atoms with van der Waals surface area (Å²) in [5.74, 6) is -1.44. The molecule has 4 N–H and O–H groups in total. The van der Waals surface area contributed by atoms with Crippen molar-refractivity contribution in [1.29, 1.82) is 0 Å². The number of carbonyl (C=O) groups excluding carboxylic acids is 1. The molecule has 0 saturated carbocycles. The molecule has 0 saturated heterocycles. The van der Waals surface area contributed by atoms with Crippen molar-refractivity contribution in [2.45, 2.75) is 32.7 Å². The van der Waals surface area contributed by atoms with Crippen LogP contribution < -0.4 is 10.6 Å².